The third kappa shape index (κ3) is 3.95. The van der Waals surface area contributed by atoms with Crippen LogP contribution in [-0.4, -0.2) is 23.2 Å². The van der Waals surface area contributed by atoms with Gasteiger partial charge in [-0.05, 0) is 31.2 Å². The van der Waals surface area contributed by atoms with Crippen LogP contribution in [0.2, 0.25) is 10.0 Å². The molecule has 20 heavy (non-hydrogen) atoms. The summed E-state index contributed by atoms with van der Waals surface area (Å²) in [6.07, 6.45) is 2.33. The standard InChI is InChI=1S/C14H17Cl2N3O/c1-3-10(17-2)8-14-18-13(19-20-14)7-9-4-5-11(15)12(16)6-9/h4-6,10,17H,3,7-8H2,1-2H3. The van der Waals surface area contributed by atoms with E-state index in [4.69, 9.17) is 27.7 Å². The van der Waals surface area contributed by atoms with Gasteiger partial charge in [0.25, 0.3) is 0 Å². The minimum Gasteiger partial charge on any atom is -0.339 e. The lowest BCUT2D eigenvalue weighted by Crippen LogP contribution is -2.26. The Kier molecular flexibility index (Phi) is 5.40. The van der Waals surface area contributed by atoms with E-state index in [1.54, 1.807) is 6.07 Å². The average Bonchev–Trinajstić information content (AvgIpc) is 2.87. The van der Waals surface area contributed by atoms with Gasteiger partial charge in [-0.2, -0.15) is 4.98 Å². The molecule has 1 N–H and O–H groups in total. The number of halogens is 2. The molecule has 0 bridgehead atoms. The van der Waals surface area contributed by atoms with Gasteiger partial charge in [0.15, 0.2) is 5.82 Å². The molecule has 1 unspecified atom stereocenters. The van der Waals surface area contributed by atoms with Gasteiger partial charge in [0, 0.05) is 18.9 Å². The monoisotopic (exact) mass is 313 g/mol. The van der Waals surface area contributed by atoms with Crippen LogP contribution >= 0.6 is 23.2 Å². The number of hydrogen-bond donors (Lipinski definition) is 1. The molecule has 0 aliphatic rings. The second-order valence-electron chi connectivity index (χ2n) is 4.63. The highest BCUT2D eigenvalue weighted by Crippen LogP contribution is 2.23. The molecule has 0 fully saturated rings. The van der Waals surface area contributed by atoms with Gasteiger partial charge in [0.05, 0.1) is 10.0 Å². The topological polar surface area (TPSA) is 51.0 Å². The molecule has 1 atom stereocenters. The van der Waals surface area contributed by atoms with Crippen LogP contribution in [0, 0.1) is 0 Å². The number of nitrogens with zero attached hydrogens (tertiary/aromatic N) is 2. The van der Waals surface area contributed by atoms with Crippen molar-refractivity contribution < 1.29 is 4.52 Å². The van der Waals surface area contributed by atoms with Crippen LogP contribution in [0.15, 0.2) is 22.7 Å². The van der Waals surface area contributed by atoms with E-state index in [1.165, 1.54) is 0 Å². The molecule has 4 nitrogen and oxygen atoms in total. The van der Waals surface area contributed by atoms with E-state index in [9.17, 15) is 0 Å². The summed E-state index contributed by atoms with van der Waals surface area (Å²) in [5, 5.41) is 8.29. The van der Waals surface area contributed by atoms with Crippen LogP contribution in [0.1, 0.15) is 30.6 Å². The van der Waals surface area contributed by atoms with Crippen molar-refractivity contribution in [3.63, 3.8) is 0 Å². The van der Waals surface area contributed by atoms with Gasteiger partial charge in [-0.3, -0.25) is 0 Å². The molecule has 6 heteroatoms. The first-order valence-corrected chi connectivity index (χ1v) is 7.30. The Balaban J connectivity index is 2.03. The maximum atomic E-state index is 5.99. The fraction of sp³-hybridized carbons (Fsp3) is 0.429. The summed E-state index contributed by atoms with van der Waals surface area (Å²) < 4.78 is 5.26. The molecular formula is C14H17Cl2N3O. The smallest absolute Gasteiger partial charge is 0.228 e. The fourth-order valence-electron chi connectivity index (χ4n) is 1.94. The van der Waals surface area contributed by atoms with E-state index >= 15 is 0 Å². The van der Waals surface area contributed by atoms with Gasteiger partial charge in [0.2, 0.25) is 5.89 Å². The minimum absolute atomic E-state index is 0.355. The van der Waals surface area contributed by atoms with E-state index in [0.29, 0.717) is 34.2 Å². The van der Waals surface area contributed by atoms with Crippen molar-refractivity contribution in [2.24, 2.45) is 0 Å². The first kappa shape index (κ1) is 15.3. The molecule has 0 radical (unpaired) electrons. The SMILES string of the molecule is CCC(Cc1nc(Cc2ccc(Cl)c(Cl)c2)no1)NC. The van der Waals surface area contributed by atoms with E-state index < -0.39 is 0 Å². The molecule has 0 aliphatic heterocycles. The highest BCUT2D eigenvalue weighted by molar-refractivity contribution is 6.42. The molecule has 0 spiro atoms. The van der Waals surface area contributed by atoms with Gasteiger partial charge >= 0.3 is 0 Å². The van der Waals surface area contributed by atoms with Crippen LogP contribution in [0.4, 0.5) is 0 Å². The van der Waals surface area contributed by atoms with E-state index in [1.807, 2.05) is 19.2 Å². The van der Waals surface area contributed by atoms with Gasteiger partial charge in [-0.1, -0.05) is 41.3 Å². The zero-order chi connectivity index (χ0) is 14.5. The lowest BCUT2D eigenvalue weighted by molar-refractivity contribution is 0.355. The molecule has 108 valence electrons. The Morgan fingerprint density at radius 2 is 2.10 bits per heavy atom. The molecule has 0 saturated heterocycles. The summed E-state index contributed by atoms with van der Waals surface area (Å²) in [6.45, 7) is 2.12. The number of benzene rings is 1. The molecule has 0 saturated carbocycles. The lowest BCUT2D eigenvalue weighted by atomic mass is 10.1. The summed E-state index contributed by atoms with van der Waals surface area (Å²) in [6, 6.07) is 5.86. The lowest BCUT2D eigenvalue weighted by Gasteiger charge is -2.09. The minimum atomic E-state index is 0.355. The second kappa shape index (κ2) is 7.07. The van der Waals surface area contributed by atoms with Crippen molar-refractivity contribution in [1.82, 2.24) is 15.5 Å². The predicted octanol–water partition coefficient (Wildman–Crippen LogP) is 3.51. The molecule has 1 heterocycles. The van der Waals surface area contributed by atoms with Crippen molar-refractivity contribution in [3.8, 4) is 0 Å². The Morgan fingerprint density at radius 1 is 1.30 bits per heavy atom. The quantitative estimate of drug-likeness (QED) is 0.886. The Morgan fingerprint density at radius 3 is 2.75 bits per heavy atom. The number of hydrogen-bond acceptors (Lipinski definition) is 4. The highest BCUT2D eigenvalue weighted by atomic mass is 35.5. The number of likely N-dealkylation sites (N-methyl/N-ethyl adjacent to an activating group) is 1. The van der Waals surface area contributed by atoms with Gasteiger partial charge in [-0.15, -0.1) is 0 Å². The second-order valence-corrected chi connectivity index (χ2v) is 5.44. The Hall–Kier alpha value is -1.10. The summed E-state index contributed by atoms with van der Waals surface area (Å²) in [7, 11) is 1.93. The highest BCUT2D eigenvalue weighted by Gasteiger charge is 2.12. The zero-order valence-electron chi connectivity index (χ0n) is 11.5. The van der Waals surface area contributed by atoms with Crippen LogP contribution < -0.4 is 5.32 Å². The molecule has 1 aromatic carbocycles. The van der Waals surface area contributed by atoms with Crippen LogP contribution in [0.3, 0.4) is 0 Å². The summed E-state index contributed by atoms with van der Waals surface area (Å²) in [4.78, 5) is 4.40. The van der Waals surface area contributed by atoms with Crippen molar-refractivity contribution in [1.29, 1.82) is 0 Å². The molecule has 1 aromatic heterocycles. The number of nitrogens with one attached hydrogen (secondary N) is 1. The fourth-order valence-corrected chi connectivity index (χ4v) is 2.26. The third-order valence-electron chi connectivity index (χ3n) is 3.18. The Bertz CT molecular complexity index is 567. The Labute approximate surface area is 128 Å². The van der Waals surface area contributed by atoms with Crippen molar-refractivity contribution in [2.75, 3.05) is 7.05 Å². The maximum absolute atomic E-state index is 5.99. The van der Waals surface area contributed by atoms with Crippen molar-refractivity contribution >= 4 is 23.2 Å². The molecule has 2 rings (SSSR count). The summed E-state index contributed by atoms with van der Waals surface area (Å²) in [5.41, 5.74) is 1.01. The van der Waals surface area contributed by atoms with Crippen molar-refractivity contribution in [3.05, 3.63) is 45.5 Å². The number of rotatable bonds is 6. The molecule has 2 aromatic rings. The van der Waals surface area contributed by atoms with E-state index in [0.717, 1.165) is 18.4 Å². The van der Waals surface area contributed by atoms with E-state index in [2.05, 4.69) is 22.4 Å². The van der Waals surface area contributed by atoms with Crippen molar-refractivity contribution in [2.45, 2.75) is 32.2 Å². The third-order valence-corrected chi connectivity index (χ3v) is 3.92. The normalized spacial score (nSPS) is 12.6. The average molecular weight is 314 g/mol. The van der Waals surface area contributed by atoms with Crippen LogP contribution in [-0.2, 0) is 12.8 Å². The van der Waals surface area contributed by atoms with Crippen LogP contribution in [0.5, 0.6) is 0 Å². The first-order chi connectivity index (χ1) is 9.62. The number of aromatic nitrogens is 2. The van der Waals surface area contributed by atoms with Crippen LogP contribution in [0.25, 0.3) is 0 Å². The zero-order valence-corrected chi connectivity index (χ0v) is 13.0. The van der Waals surface area contributed by atoms with Gasteiger partial charge in [0.1, 0.15) is 0 Å². The van der Waals surface area contributed by atoms with E-state index in [-0.39, 0.29) is 0 Å². The predicted molar refractivity (Wildman–Crippen MR) is 80.4 cm³/mol. The molecule has 0 amide bonds. The largest absolute Gasteiger partial charge is 0.339 e. The molecular weight excluding hydrogens is 297 g/mol. The van der Waals surface area contributed by atoms with Gasteiger partial charge in [-0.25, -0.2) is 0 Å². The first-order valence-electron chi connectivity index (χ1n) is 6.55. The summed E-state index contributed by atoms with van der Waals surface area (Å²) >= 11 is 11.9. The maximum Gasteiger partial charge on any atom is 0.228 e. The molecule has 0 aliphatic carbocycles. The summed E-state index contributed by atoms with van der Waals surface area (Å²) in [5.74, 6) is 1.31. The van der Waals surface area contributed by atoms with Gasteiger partial charge < -0.3 is 9.84 Å².